The van der Waals surface area contributed by atoms with Gasteiger partial charge in [-0.3, -0.25) is 4.79 Å². The predicted octanol–water partition coefficient (Wildman–Crippen LogP) is 2.06. The zero-order chi connectivity index (χ0) is 14.5. The van der Waals surface area contributed by atoms with Gasteiger partial charge in [0.15, 0.2) is 0 Å². The van der Waals surface area contributed by atoms with Crippen LogP contribution in [0.2, 0.25) is 0 Å². The Morgan fingerprint density at radius 1 is 1.42 bits per heavy atom. The number of rotatable bonds is 5. The van der Waals surface area contributed by atoms with Crippen molar-refractivity contribution in [3.63, 3.8) is 0 Å². The van der Waals surface area contributed by atoms with Gasteiger partial charge in [-0.05, 0) is 39.8 Å². The molecule has 0 unspecified atom stereocenters. The van der Waals surface area contributed by atoms with Crippen LogP contribution in [0.5, 0.6) is 0 Å². The highest BCUT2D eigenvalue weighted by atomic mass is 16.6. The standard InChI is InChI=1S/C14H21NO4/c1-10(13(17)19-14(2,3)4)15-12(16)8-7-11-6-5-9-18-11/h5-6,9-10H,7-8H2,1-4H3,(H,15,16)/t10-/m0/s1. The van der Waals surface area contributed by atoms with Crippen LogP contribution in [0.4, 0.5) is 0 Å². The van der Waals surface area contributed by atoms with Gasteiger partial charge in [-0.25, -0.2) is 4.79 Å². The summed E-state index contributed by atoms with van der Waals surface area (Å²) in [7, 11) is 0. The van der Waals surface area contributed by atoms with Crippen LogP contribution in [0.3, 0.4) is 0 Å². The SMILES string of the molecule is C[C@H](NC(=O)CCc1ccco1)C(=O)OC(C)(C)C. The zero-order valence-corrected chi connectivity index (χ0v) is 11.9. The van der Waals surface area contributed by atoms with E-state index >= 15 is 0 Å². The second kappa shape index (κ2) is 6.41. The molecule has 0 saturated carbocycles. The lowest BCUT2D eigenvalue weighted by molar-refractivity contribution is -0.158. The predicted molar refractivity (Wildman–Crippen MR) is 70.5 cm³/mol. The van der Waals surface area contributed by atoms with Gasteiger partial charge < -0.3 is 14.5 Å². The Labute approximate surface area is 113 Å². The highest BCUT2D eigenvalue weighted by molar-refractivity contribution is 5.84. The van der Waals surface area contributed by atoms with E-state index in [2.05, 4.69) is 5.32 Å². The lowest BCUT2D eigenvalue weighted by atomic mass is 10.2. The largest absolute Gasteiger partial charge is 0.469 e. The second-order valence-corrected chi connectivity index (χ2v) is 5.40. The summed E-state index contributed by atoms with van der Waals surface area (Å²) in [4.78, 5) is 23.3. The van der Waals surface area contributed by atoms with E-state index in [1.165, 1.54) is 0 Å². The monoisotopic (exact) mass is 267 g/mol. The van der Waals surface area contributed by atoms with Crippen molar-refractivity contribution in [1.29, 1.82) is 0 Å². The molecular formula is C14H21NO4. The molecule has 1 aromatic heterocycles. The number of aryl methyl sites for hydroxylation is 1. The molecular weight excluding hydrogens is 246 g/mol. The van der Waals surface area contributed by atoms with Crippen LogP contribution in [0.1, 0.15) is 39.9 Å². The van der Waals surface area contributed by atoms with Gasteiger partial charge >= 0.3 is 5.97 Å². The van der Waals surface area contributed by atoms with Crippen LogP contribution in [-0.2, 0) is 20.7 Å². The molecule has 0 bridgehead atoms. The molecule has 0 aliphatic rings. The summed E-state index contributed by atoms with van der Waals surface area (Å²) in [6.45, 7) is 6.97. The number of amides is 1. The van der Waals surface area contributed by atoms with E-state index < -0.39 is 17.6 Å². The third-order valence-electron chi connectivity index (χ3n) is 2.32. The number of hydrogen-bond acceptors (Lipinski definition) is 4. The minimum absolute atomic E-state index is 0.199. The van der Waals surface area contributed by atoms with Crippen molar-refractivity contribution in [2.24, 2.45) is 0 Å². The quantitative estimate of drug-likeness (QED) is 0.829. The second-order valence-electron chi connectivity index (χ2n) is 5.40. The number of hydrogen-bond donors (Lipinski definition) is 1. The van der Waals surface area contributed by atoms with Crippen LogP contribution in [0, 0.1) is 0 Å². The molecule has 0 spiro atoms. The van der Waals surface area contributed by atoms with Gasteiger partial charge in [0, 0.05) is 12.8 Å². The number of esters is 1. The summed E-state index contributed by atoms with van der Waals surface area (Å²) >= 11 is 0. The molecule has 1 amide bonds. The number of carbonyl (C=O) groups excluding carboxylic acids is 2. The average Bonchev–Trinajstić information content (AvgIpc) is 2.76. The molecule has 1 heterocycles. The van der Waals surface area contributed by atoms with Crippen LogP contribution in [0.15, 0.2) is 22.8 Å². The fraction of sp³-hybridized carbons (Fsp3) is 0.571. The van der Waals surface area contributed by atoms with Gasteiger partial charge in [-0.1, -0.05) is 0 Å². The van der Waals surface area contributed by atoms with Crippen LogP contribution >= 0.6 is 0 Å². The number of furan rings is 1. The molecule has 0 radical (unpaired) electrons. The van der Waals surface area contributed by atoms with E-state index in [4.69, 9.17) is 9.15 Å². The van der Waals surface area contributed by atoms with Crippen molar-refractivity contribution in [1.82, 2.24) is 5.32 Å². The molecule has 1 aromatic rings. The van der Waals surface area contributed by atoms with Gasteiger partial charge in [0.05, 0.1) is 6.26 Å². The highest BCUT2D eigenvalue weighted by Crippen LogP contribution is 2.08. The summed E-state index contributed by atoms with van der Waals surface area (Å²) < 4.78 is 10.3. The number of ether oxygens (including phenoxy) is 1. The topological polar surface area (TPSA) is 68.5 Å². The van der Waals surface area contributed by atoms with E-state index in [9.17, 15) is 9.59 Å². The smallest absolute Gasteiger partial charge is 0.328 e. The minimum Gasteiger partial charge on any atom is -0.469 e. The third-order valence-corrected chi connectivity index (χ3v) is 2.32. The zero-order valence-electron chi connectivity index (χ0n) is 11.9. The van der Waals surface area contributed by atoms with Crippen molar-refractivity contribution >= 4 is 11.9 Å². The van der Waals surface area contributed by atoms with Crippen molar-refractivity contribution in [3.05, 3.63) is 24.2 Å². The van der Waals surface area contributed by atoms with Crippen molar-refractivity contribution in [3.8, 4) is 0 Å². The van der Waals surface area contributed by atoms with Gasteiger partial charge in [0.25, 0.3) is 0 Å². The van der Waals surface area contributed by atoms with Crippen LogP contribution < -0.4 is 5.32 Å². The van der Waals surface area contributed by atoms with Gasteiger partial charge in [-0.15, -0.1) is 0 Å². The number of nitrogens with one attached hydrogen (secondary N) is 1. The minimum atomic E-state index is -0.650. The summed E-state index contributed by atoms with van der Waals surface area (Å²) in [5, 5.41) is 2.61. The average molecular weight is 267 g/mol. The van der Waals surface area contributed by atoms with Crippen molar-refractivity contribution in [2.45, 2.75) is 52.2 Å². The maximum Gasteiger partial charge on any atom is 0.328 e. The molecule has 5 nitrogen and oxygen atoms in total. The maximum atomic E-state index is 11.7. The molecule has 19 heavy (non-hydrogen) atoms. The molecule has 1 atom stereocenters. The molecule has 5 heteroatoms. The summed E-state index contributed by atoms with van der Waals surface area (Å²) in [6.07, 6.45) is 2.36. The maximum absolute atomic E-state index is 11.7. The molecule has 1 N–H and O–H groups in total. The molecule has 1 rings (SSSR count). The van der Waals surface area contributed by atoms with E-state index in [0.717, 1.165) is 5.76 Å². The number of carbonyl (C=O) groups is 2. The van der Waals surface area contributed by atoms with Crippen molar-refractivity contribution < 1.29 is 18.7 Å². The molecule has 0 saturated heterocycles. The fourth-order valence-corrected chi connectivity index (χ4v) is 1.45. The fourth-order valence-electron chi connectivity index (χ4n) is 1.45. The molecule has 0 aromatic carbocycles. The third kappa shape index (κ3) is 6.08. The Bertz CT molecular complexity index is 417. The Morgan fingerprint density at radius 2 is 2.11 bits per heavy atom. The highest BCUT2D eigenvalue weighted by Gasteiger charge is 2.22. The summed E-state index contributed by atoms with van der Waals surface area (Å²) in [5.74, 6) is 0.119. The lowest BCUT2D eigenvalue weighted by Crippen LogP contribution is -2.42. The first-order valence-corrected chi connectivity index (χ1v) is 6.32. The van der Waals surface area contributed by atoms with Crippen LogP contribution in [-0.4, -0.2) is 23.5 Å². The molecule has 0 aliphatic carbocycles. The Morgan fingerprint density at radius 3 is 2.63 bits per heavy atom. The summed E-state index contributed by atoms with van der Waals surface area (Å²) in [5.41, 5.74) is -0.551. The van der Waals surface area contributed by atoms with Gasteiger partial charge in [0.1, 0.15) is 17.4 Å². The Hall–Kier alpha value is -1.78. The molecule has 0 fully saturated rings. The summed E-state index contributed by atoms with van der Waals surface area (Å²) in [6, 6.07) is 2.93. The lowest BCUT2D eigenvalue weighted by Gasteiger charge is -2.22. The molecule has 106 valence electrons. The van der Waals surface area contributed by atoms with E-state index in [0.29, 0.717) is 6.42 Å². The first kappa shape index (κ1) is 15.3. The van der Waals surface area contributed by atoms with Crippen LogP contribution in [0.25, 0.3) is 0 Å². The van der Waals surface area contributed by atoms with Gasteiger partial charge in [-0.2, -0.15) is 0 Å². The van der Waals surface area contributed by atoms with E-state index in [1.807, 2.05) is 6.07 Å². The van der Waals surface area contributed by atoms with E-state index in [1.54, 1.807) is 40.0 Å². The van der Waals surface area contributed by atoms with E-state index in [-0.39, 0.29) is 12.3 Å². The first-order chi connectivity index (χ1) is 8.78. The Kier molecular flexibility index (Phi) is 5.15. The first-order valence-electron chi connectivity index (χ1n) is 6.32. The van der Waals surface area contributed by atoms with Gasteiger partial charge in [0.2, 0.25) is 5.91 Å². The Balaban J connectivity index is 2.33. The van der Waals surface area contributed by atoms with Crippen molar-refractivity contribution in [2.75, 3.05) is 0 Å². The molecule has 0 aliphatic heterocycles. The normalized spacial score (nSPS) is 12.8.